The normalized spacial score (nSPS) is 11.1. The van der Waals surface area contributed by atoms with Crippen LogP contribution in [0.2, 0.25) is 0 Å². The molecule has 2 aromatic heterocycles. The second kappa shape index (κ2) is 4.64. The number of fused-ring (bicyclic) bond motifs is 1. The van der Waals surface area contributed by atoms with Gasteiger partial charge < -0.3 is 10.0 Å². The molecule has 0 aliphatic rings. The molecule has 0 fully saturated rings. The van der Waals surface area contributed by atoms with Gasteiger partial charge in [0, 0.05) is 13.1 Å². The summed E-state index contributed by atoms with van der Waals surface area (Å²) in [6, 6.07) is 4.07. The topological polar surface area (TPSA) is 70.7 Å². The number of nitrogens with zero attached hydrogens (tertiary/aromatic N) is 4. The van der Waals surface area contributed by atoms with E-state index in [-0.39, 0.29) is 6.42 Å². The smallest absolute Gasteiger partial charge is 0.309 e. The quantitative estimate of drug-likeness (QED) is 0.880. The van der Waals surface area contributed by atoms with Crippen LogP contribution >= 0.6 is 0 Å². The minimum absolute atomic E-state index is 0.0846. The van der Waals surface area contributed by atoms with Gasteiger partial charge in [0.05, 0.1) is 18.3 Å². The van der Waals surface area contributed by atoms with Crippen molar-refractivity contribution in [3.05, 3.63) is 24.0 Å². The Balaban J connectivity index is 2.36. The van der Waals surface area contributed by atoms with Crippen molar-refractivity contribution in [3.63, 3.8) is 0 Å². The number of rotatable bonds is 4. The summed E-state index contributed by atoms with van der Waals surface area (Å²) in [6.45, 7) is 4.16. The zero-order chi connectivity index (χ0) is 13.3. The SMILES string of the molecule is CC(C)N(C)c1ccc2nc(CC(=O)O)cn2n1. The molecule has 0 amide bonds. The van der Waals surface area contributed by atoms with Gasteiger partial charge in [-0.2, -0.15) is 0 Å². The Morgan fingerprint density at radius 1 is 1.50 bits per heavy atom. The van der Waals surface area contributed by atoms with E-state index in [1.165, 1.54) is 0 Å². The first-order valence-electron chi connectivity index (χ1n) is 5.77. The second-order valence-electron chi connectivity index (χ2n) is 4.50. The van der Waals surface area contributed by atoms with E-state index in [9.17, 15) is 4.79 Å². The highest BCUT2D eigenvalue weighted by atomic mass is 16.4. The van der Waals surface area contributed by atoms with Crippen LogP contribution in [0, 0.1) is 0 Å². The zero-order valence-electron chi connectivity index (χ0n) is 10.7. The Morgan fingerprint density at radius 2 is 2.22 bits per heavy atom. The van der Waals surface area contributed by atoms with Crippen molar-refractivity contribution >= 4 is 17.4 Å². The van der Waals surface area contributed by atoms with E-state index in [1.807, 2.05) is 24.1 Å². The number of hydrogen-bond donors (Lipinski definition) is 1. The highest BCUT2D eigenvalue weighted by Crippen LogP contribution is 2.13. The molecule has 0 atom stereocenters. The number of aromatic nitrogens is 3. The molecule has 6 heteroatoms. The van der Waals surface area contributed by atoms with Crippen molar-refractivity contribution in [1.29, 1.82) is 0 Å². The van der Waals surface area contributed by atoms with Crippen LogP contribution < -0.4 is 4.90 Å². The maximum atomic E-state index is 10.6. The van der Waals surface area contributed by atoms with Crippen molar-refractivity contribution < 1.29 is 9.90 Å². The summed E-state index contributed by atoms with van der Waals surface area (Å²) in [7, 11) is 1.97. The molecular formula is C12H16N4O2. The van der Waals surface area contributed by atoms with E-state index in [0.29, 0.717) is 17.4 Å². The van der Waals surface area contributed by atoms with Gasteiger partial charge in [-0.05, 0) is 26.0 Å². The van der Waals surface area contributed by atoms with E-state index >= 15 is 0 Å². The molecule has 18 heavy (non-hydrogen) atoms. The molecule has 0 saturated carbocycles. The second-order valence-corrected chi connectivity index (χ2v) is 4.50. The van der Waals surface area contributed by atoms with E-state index in [2.05, 4.69) is 23.9 Å². The highest BCUT2D eigenvalue weighted by Gasteiger charge is 2.10. The van der Waals surface area contributed by atoms with Crippen LogP contribution in [0.5, 0.6) is 0 Å². The fourth-order valence-electron chi connectivity index (χ4n) is 1.61. The van der Waals surface area contributed by atoms with Gasteiger partial charge in [0.2, 0.25) is 0 Å². The summed E-state index contributed by atoms with van der Waals surface area (Å²) in [5, 5.41) is 13.1. The minimum atomic E-state index is -0.891. The van der Waals surface area contributed by atoms with Crippen molar-refractivity contribution in [3.8, 4) is 0 Å². The molecule has 0 unspecified atom stereocenters. The van der Waals surface area contributed by atoms with Gasteiger partial charge in [0.25, 0.3) is 0 Å². The van der Waals surface area contributed by atoms with Crippen molar-refractivity contribution in [2.24, 2.45) is 0 Å². The van der Waals surface area contributed by atoms with Gasteiger partial charge >= 0.3 is 5.97 Å². The summed E-state index contributed by atoms with van der Waals surface area (Å²) in [4.78, 5) is 16.9. The molecule has 0 aliphatic carbocycles. The molecule has 2 rings (SSSR count). The van der Waals surface area contributed by atoms with Crippen molar-refractivity contribution in [2.45, 2.75) is 26.3 Å². The molecule has 0 bridgehead atoms. The predicted octanol–water partition coefficient (Wildman–Crippen LogP) is 1.20. The average molecular weight is 248 g/mol. The van der Waals surface area contributed by atoms with E-state index in [0.717, 1.165) is 5.82 Å². The largest absolute Gasteiger partial charge is 0.481 e. The molecule has 96 valence electrons. The molecule has 0 spiro atoms. The van der Waals surface area contributed by atoms with Crippen LogP contribution in [-0.4, -0.2) is 38.8 Å². The van der Waals surface area contributed by atoms with Crippen LogP contribution in [0.3, 0.4) is 0 Å². The van der Waals surface area contributed by atoms with Gasteiger partial charge in [0.15, 0.2) is 5.65 Å². The summed E-state index contributed by atoms with van der Waals surface area (Å²) in [5.41, 5.74) is 1.17. The van der Waals surface area contributed by atoms with Crippen LogP contribution in [0.25, 0.3) is 5.65 Å². The van der Waals surface area contributed by atoms with Gasteiger partial charge in [0.1, 0.15) is 5.82 Å². The zero-order valence-corrected chi connectivity index (χ0v) is 10.7. The number of anilines is 1. The molecule has 0 aromatic carbocycles. The van der Waals surface area contributed by atoms with Gasteiger partial charge in [-0.3, -0.25) is 4.79 Å². The highest BCUT2D eigenvalue weighted by molar-refractivity contribution is 5.69. The Bertz CT molecular complexity index is 576. The first-order valence-corrected chi connectivity index (χ1v) is 5.77. The standard InChI is InChI=1S/C12H16N4O2/c1-8(2)15(3)11-5-4-10-13-9(6-12(17)18)7-16(10)14-11/h4-5,7-8H,6H2,1-3H3,(H,17,18). The lowest BCUT2D eigenvalue weighted by molar-refractivity contribution is -0.136. The Kier molecular flexibility index (Phi) is 3.18. The van der Waals surface area contributed by atoms with Gasteiger partial charge in [-0.25, -0.2) is 9.50 Å². The maximum Gasteiger partial charge on any atom is 0.309 e. The number of carboxylic acid groups (broad SMARTS) is 1. The monoisotopic (exact) mass is 248 g/mol. The molecule has 1 N–H and O–H groups in total. The van der Waals surface area contributed by atoms with Crippen molar-refractivity contribution in [1.82, 2.24) is 14.6 Å². The number of imidazole rings is 1. The predicted molar refractivity (Wildman–Crippen MR) is 67.9 cm³/mol. The molecule has 2 heterocycles. The van der Waals surface area contributed by atoms with Crippen LogP contribution in [0.1, 0.15) is 19.5 Å². The third-order valence-corrected chi connectivity index (χ3v) is 2.82. The molecule has 0 radical (unpaired) electrons. The van der Waals surface area contributed by atoms with Crippen LogP contribution in [0.15, 0.2) is 18.3 Å². The average Bonchev–Trinajstić information content (AvgIpc) is 2.67. The number of aliphatic carboxylic acids is 1. The number of carbonyl (C=O) groups is 1. The molecule has 0 saturated heterocycles. The third-order valence-electron chi connectivity index (χ3n) is 2.82. The summed E-state index contributed by atoms with van der Waals surface area (Å²) < 4.78 is 1.62. The molecule has 2 aromatic rings. The fourth-order valence-corrected chi connectivity index (χ4v) is 1.61. The molecule has 0 aliphatic heterocycles. The molecular weight excluding hydrogens is 232 g/mol. The minimum Gasteiger partial charge on any atom is -0.481 e. The number of carboxylic acids is 1. The number of hydrogen-bond acceptors (Lipinski definition) is 4. The summed E-state index contributed by atoms with van der Waals surface area (Å²) >= 11 is 0. The fraction of sp³-hybridized carbons (Fsp3) is 0.417. The van der Waals surface area contributed by atoms with E-state index in [4.69, 9.17) is 5.11 Å². The lowest BCUT2D eigenvalue weighted by atomic mass is 10.3. The van der Waals surface area contributed by atoms with Crippen LogP contribution in [0.4, 0.5) is 5.82 Å². The van der Waals surface area contributed by atoms with Gasteiger partial charge in [-0.15, -0.1) is 5.10 Å². The van der Waals surface area contributed by atoms with Gasteiger partial charge in [-0.1, -0.05) is 0 Å². The van der Waals surface area contributed by atoms with E-state index < -0.39 is 5.97 Å². The Labute approximate surface area is 105 Å². The summed E-state index contributed by atoms with van der Waals surface area (Å²) in [5.74, 6) is -0.0605. The third kappa shape index (κ3) is 2.42. The molecule has 6 nitrogen and oxygen atoms in total. The maximum absolute atomic E-state index is 10.6. The van der Waals surface area contributed by atoms with Crippen molar-refractivity contribution in [2.75, 3.05) is 11.9 Å². The lowest BCUT2D eigenvalue weighted by Gasteiger charge is -2.22. The lowest BCUT2D eigenvalue weighted by Crippen LogP contribution is -2.26. The Morgan fingerprint density at radius 3 is 2.83 bits per heavy atom. The van der Waals surface area contributed by atoms with Crippen LogP contribution in [-0.2, 0) is 11.2 Å². The van der Waals surface area contributed by atoms with E-state index in [1.54, 1.807) is 10.7 Å². The first-order chi connectivity index (χ1) is 8.47. The Hall–Kier alpha value is -2.11. The summed E-state index contributed by atoms with van der Waals surface area (Å²) in [6.07, 6.45) is 1.57. The first kappa shape index (κ1) is 12.3.